The first-order valence-corrected chi connectivity index (χ1v) is 6.08. The maximum atomic E-state index is 5.35. The van der Waals surface area contributed by atoms with Crippen LogP contribution in [0.5, 0.6) is 17.2 Å². The van der Waals surface area contributed by atoms with E-state index in [-0.39, 0.29) is 6.04 Å². The van der Waals surface area contributed by atoms with Crippen LogP contribution in [0, 0.1) is 11.8 Å². The molecule has 1 aromatic rings. The van der Waals surface area contributed by atoms with Crippen LogP contribution in [0.1, 0.15) is 24.9 Å². The minimum Gasteiger partial charge on any atom is -0.493 e. The summed E-state index contributed by atoms with van der Waals surface area (Å²) in [4.78, 5) is 0. The van der Waals surface area contributed by atoms with Gasteiger partial charge >= 0.3 is 0 Å². The molecule has 4 heteroatoms. The van der Waals surface area contributed by atoms with E-state index in [1.807, 2.05) is 26.1 Å². The van der Waals surface area contributed by atoms with E-state index in [0.29, 0.717) is 17.2 Å². The highest BCUT2D eigenvalue weighted by molar-refractivity contribution is 5.54. The SMILES string of the molecule is CC#CCC(NC)c1cc(OC)c(OC)c(OC)c1. The molecule has 1 N–H and O–H groups in total. The highest BCUT2D eigenvalue weighted by atomic mass is 16.5. The summed E-state index contributed by atoms with van der Waals surface area (Å²) in [5.74, 6) is 7.89. The van der Waals surface area contributed by atoms with Crippen molar-refractivity contribution in [2.75, 3.05) is 28.4 Å². The molecule has 0 saturated heterocycles. The molecule has 1 atom stereocenters. The van der Waals surface area contributed by atoms with Crippen molar-refractivity contribution in [3.8, 4) is 29.1 Å². The van der Waals surface area contributed by atoms with Gasteiger partial charge in [0, 0.05) is 12.5 Å². The smallest absolute Gasteiger partial charge is 0.203 e. The van der Waals surface area contributed by atoms with Crippen LogP contribution in [-0.4, -0.2) is 28.4 Å². The monoisotopic (exact) mass is 263 g/mol. The minimum atomic E-state index is 0.126. The molecule has 0 bridgehead atoms. The van der Waals surface area contributed by atoms with Crippen LogP contribution in [-0.2, 0) is 0 Å². The van der Waals surface area contributed by atoms with E-state index >= 15 is 0 Å². The largest absolute Gasteiger partial charge is 0.493 e. The summed E-state index contributed by atoms with van der Waals surface area (Å²) in [5.41, 5.74) is 1.06. The van der Waals surface area contributed by atoms with Gasteiger partial charge in [-0.3, -0.25) is 0 Å². The maximum Gasteiger partial charge on any atom is 0.203 e. The third-order valence-corrected chi connectivity index (χ3v) is 2.92. The van der Waals surface area contributed by atoms with Crippen molar-refractivity contribution in [1.82, 2.24) is 5.32 Å². The van der Waals surface area contributed by atoms with E-state index in [2.05, 4.69) is 17.2 Å². The zero-order valence-electron chi connectivity index (χ0n) is 12.2. The molecular weight excluding hydrogens is 242 g/mol. The molecule has 104 valence electrons. The molecule has 0 aliphatic carbocycles. The molecule has 1 unspecified atom stereocenters. The zero-order chi connectivity index (χ0) is 14.3. The Labute approximate surface area is 115 Å². The van der Waals surface area contributed by atoms with E-state index in [1.165, 1.54) is 0 Å². The topological polar surface area (TPSA) is 39.7 Å². The molecule has 0 aliphatic heterocycles. The van der Waals surface area contributed by atoms with Crippen molar-refractivity contribution in [3.63, 3.8) is 0 Å². The van der Waals surface area contributed by atoms with Gasteiger partial charge in [-0.15, -0.1) is 11.8 Å². The summed E-state index contributed by atoms with van der Waals surface area (Å²) in [5, 5.41) is 3.24. The highest BCUT2D eigenvalue weighted by Crippen LogP contribution is 2.39. The molecule has 0 fully saturated rings. The maximum absolute atomic E-state index is 5.35. The van der Waals surface area contributed by atoms with Crippen LogP contribution in [0.2, 0.25) is 0 Å². The van der Waals surface area contributed by atoms with Crippen LogP contribution in [0.4, 0.5) is 0 Å². The van der Waals surface area contributed by atoms with Crippen molar-refractivity contribution < 1.29 is 14.2 Å². The van der Waals surface area contributed by atoms with Crippen LogP contribution in [0.15, 0.2) is 12.1 Å². The van der Waals surface area contributed by atoms with Gasteiger partial charge in [0.15, 0.2) is 11.5 Å². The molecule has 0 aromatic heterocycles. The second-order valence-electron chi connectivity index (χ2n) is 3.93. The third-order valence-electron chi connectivity index (χ3n) is 2.92. The van der Waals surface area contributed by atoms with Crippen LogP contribution < -0.4 is 19.5 Å². The van der Waals surface area contributed by atoms with Crippen molar-refractivity contribution >= 4 is 0 Å². The molecule has 0 heterocycles. The van der Waals surface area contributed by atoms with Gasteiger partial charge in [0.25, 0.3) is 0 Å². The summed E-state index contributed by atoms with van der Waals surface area (Å²) < 4.78 is 16.0. The Morgan fingerprint density at radius 1 is 1.11 bits per heavy atom. The first-order chi connectivity index (χ1) is 9.21. The van der Waals surface area contributed by atoms with Crippen molar-refractivity contribution in [1.29, 1.82) is 0 Å². The molecule has 0 amide bonds. The summed E-state index contributed by atoms with van der Waals surface area (Å²) >= 11 is 0. The molecule has 0 aliphatic rings. The van der Waals surface area contributed by atoms with E-state index < -0.39 is 0 Å². The van der Waals surface area contributed by atoms with Gasteiger partial charge < -0.3 is 19.5 Å². The molecule has 0 radical (unpaired) electrons. The zero-order valence-corrected chi connectivity index (χ0v) is 12.2. The highest BCUT2D eigenvalue weighted by Gasteiger charge is 2.17. The number of hydrogen-bond donors (Lipinski definition) is 1. The van der Waals surface area contributed by atoms with E-state index in [4.69, 9.17) is 14.2 Å². The van der Waals surface area contributed by atoms with Crippen molar-refractivity contribution in [3.05, 3.63) is 17.7 Å². The molecule has 4 nitrogen and oxygen atoms in total. The number of nitrogens with one attached hydrogen (secondary N) is 1. The summed E-state index contributed by atoms with van der Waals surface area (Å²) in [7, 11) is 6.73. The van der Waals surface area contributed by atoms with Gasteiger partial charge in [0.1, 0.15) is 0 Å². The molecule has 0 spiro atoms. The predicted molar refractivity (Wildman–Crippen MR) is 76.0 cm³/mol. The molecule has 1 rings (SSSR count). The quantitative estimate of drug-likeness (QED) is 0.800. The Morgan fingerprint density at radius 3 is 2.05 bits per heavy atom. The fraction of sp³-hybridized carbons (Fsp3) is 0.467. The van der Waals surface area contributed by atoms with Gasteiger partial charge in [-0.2, -0.15) is 0 Å². The van der Waals surface area contributed by atoms with Crippen molar-refractivity contribution in [2.24, 2.45) is 0 Å². The molecule has 1 aromatic carbocycles. The molecular formula is C15H21NO3. The Kier molecular flexibility index (Phi) is 6.04. The minimum absolute atomic E-state index is 0.126. The average molecular weight is 263 g/mol. The lowest BCUT2D eigenvalue weighted by Gasteiger charge is -2.18. The summed E-state index contributed by atoms with van der Waals surface area (Å²) in [6, 6.07) is 4.01. The standard InChI is InChI=1S/C15H21NO3/c1-6-7-8-12(16-2)11-9-13(17-3)15(19-5)14(10-11)18-4/h9-10,12,16H,8H2,1-5H3. The normalized spacial score (nSPS) is 11.2. The Bertz CT molecular complexity index is 449. The first-order valence-electron chi connectivity index (χ1n) is 6.08. The summed E-state index contributed by atoms with van der Waals surface area (Å²) in [6.07, 6.45) is 0.728. The second-order valence-corrected chi connectivity index (χ2v) is 3.93. The lowest BCUT2D eigenvalue weighted by atomic mass is 10.0. The number of rotatable bonds is 6. The van der Waals surface area contributed by atoms with Gasteiger partial charge in [0.05, 0.1) is 21.3 Å². The second kappa shape index (κ2) is 7.55. The van der Waals surface area contributed by atoms with E-state index in [9.17, 15) is 0 Å². The number of ether oxygens (including phenoxy) is 3. The first kappa shape index (κ1) is 15.2. The van der Waals surface area contributed by atoms with Gasteiger partial charge in [0.2, 0.25) is 5.75 Å². The summed E-state index contributed by atoms with van der Waals surface area (Å²) in [6.45, 7) is 1.84. The Morgan fingerprint density at radius 2 is 1.68 bits per heavy atom. The third kappa shape index (κ3) is 3.55. The lowest BCUT2D eigenvalue weighted by Crippen LogP contribution is -2.16. The number of hydrogen-bond acceptors (Lipinski definition) is 4. The fourth-order valence-electron chi connectivity index (χ4n) is 1.89. The van der Waals surface area contributed by atoms with Gasteiger partial charge in [-0.25, -0.2) is 0 Å². The number of benzene rings is 1. The Balaban J connectivity index is 3.22. The van der Waals surface area contributed by atoms with Gasteiger partial charge in [-0.05, 0) is 31.7 Å². The van der Waals surface area contributed by atoms with Crippen molar-refractivity contribution in [2.45, 2.75) is 19.4 Å². The Hall–Kier alpha value is -1.86. The van der Waals surface area contributed by atoms with Crippen LogP contribution in [0.25, 0.3) is 0 Å². The van der Waals surface area contributed by atoms with E-state index in [0.717, 1.165) is 12.0 Å². The number of methoxy groups -OCH3 is 3. The van der Waals surface area contributed by atoms with Gasteiger partial charge in [-0.1, -0.05) is 0 Å². The molecule has 0 saturated carbocycles. The van der Waals surface area contributed by atoms with E-state index in [1.54, 1.807) is 21.3 Å². The fourth-order valence-corrected chi connectivity index (χ4v) is 1.89. The predicted octanol–water partition coefficient (Wildman–Crippen LogP) is 2.39. The van der Waals surface area contributed by atoms with Crippen LogP contribution >= 0.6 is 0 Å². The lowest BCUT2D eigenvalue weighted by molar-refractivity contribution is 0.323. The molecule has 19 heavy (non-hydrogen) atoms. The average Bonchev–Trinajstić information content (AvgIpc) is 2.46. The van der Waals surface area contributed by atoms with Crippen LogP contribution in [0.3, 0.4) is 0 Å².